The third-order valence-electron chi connectivity index (χ3n) is 3.06. The Bertz CT molecular complexity index is 558. The molecule has 0 saturated carbocycles. The molecule has 1 aromatic carbocycles. The fraction of sp³-hybridized carbons (Fsp3) is 0.538. The smallest absolute Gasteiger partial charge is 0.311 e. The molecule has 1 aliphatic heterocycles. The molecule has 1 heterocycles. The van der Waals surface area contributed by atoms with E-state index in [1.54, 1.807) is 32.0 Å². The van der Waals surface area contributed by atoms with Crippen LogP contribution in [0, 0.1) is 0 Å². The summed E-state index contributed by atoms with van der Waals surface area (Å²) in [6.07, 6.45) is 0. The van der Waals surface area contributed by atoms with E-state index in [0.717, 1.165) is 11.3 Å². The zero-order valence-corrected chi connectivity index (χ0v) is 11.9. The zero-order valence-electron chi connectivity index (χ0n) is 11.1. The highest BCUT2D eigenvalue weighted by molar-refractivity contribution is 7.87. The molecule has 2 rings (SSSR count). The molecule has 1 aliphatic rings. The van der Waals surface area contributed by atoms with E-state index < -0.39 is 15.4 Å². The van der Waals surface area contributed by atoms with Crippen LogP contribution in [0.25, 0.3) is 0 Å². The first kappa shape index (κ1) is 13.2. The van der Waals surface area contributed by atoms with Gasteiger partial charge in [-0.25, -0.2) is 0 Å². The molecule has 0 saturated heterocycles. The Kier molecular flexibility index (Phi) is 3.05. The van der Waals surface area contributed by atoms with Crippen molar-refractivity contribution in [1.82, 2.24) is 0 Å². The Hall–Kier alpha value is -1.23. The maximum absolute atomic E-state index is 11.7. The number of hydrogen-bond donors (Lipinski definition) is 0. The molecule has 0 bridgehead atoms. The van der Waals surface area contributed by atoms with Crippen LogP contribution in [-0.4, -0.2) is 20.3 Å². The summed E-state index contributed by atoms with van der Waals surface area (Å²) in [5, 5.41) is -0.560. The van der Waals surface area contributed by atoms with Crippen molar-refractivity contribution in [3.8, 4) is 11.5 Å². The molecular formula is C13H18O4S. The van der Waals surface area contributed by atoms with E-state index in [9.17, 15) is 8.42 Å². The monoisotopic (exact) mass is 270 g/mol. The van der Waals surface area contributed by atoms with Crippen molar-refractivity contribution < 1.29 is 17.3 Å². The van der Waals surface area contributed by atoms with E-state index in [-0.39, 0.29) is 5.41 Å². The Morgan fingerprint density at radius 2 is 2.00 bits per heavy atom. The van der Waals surface area contributed by atoms with Crippen molar-refractivity contribution in [2.75, 3.05) is 6.61 Å². The number of rotatable bonds is 3. The van der Waals surface area contributed by atoms with Crippen LogP contribution in [0.1, 0.15) is 33.3 Å². The summed E-state index contributed by atoms with van der Waals surface area (Å²) >= 11 is 0. The third kappa shape index (κ3) is 2.32. The maximum atomic E-state index is 11.7. The molecule has 0 radical (unpaired) electrons. The van der Waals surface area contributed by atoms with E-state index in [1.807, 2.05) is 0 Å². The quantitative estimate of drug-likeness (QED) is 0.792. The molecule has 0 atom stereocenters. The van der Waals surface area contributed by atoms with Gasteiger partial charge in [-0.3, -0.25) is 0 Å². The van der Waals surface area contributed by atoms with E-state index in [4.69, 9.17) is 8.92 Å². The fourth-order valence-corrected chi connectivity index (χ4v) is 2.35. The van der Waals surface area contributed by atoms with Gasteiger partial charge >= 0.3 is 10.1 Å². The standard InChI is InChI=1S/C13H18O4S/c1-9(2)18(14,15)17-10-5-6-12-11(7-10)13(3,4)8-16-12/h5-7,9H,8H2,1-4H3. The van der Waals surface area contributed by atoms with Crippen molar-refractivity contribution in [1.29, 1.82) is 0 Å². The summed E-state index contributed by atoms with van der Waals surface area (Å²) in [5.74, 6) is 1.15. The van der Waals surface area contributed by atoms with Crippen LogP contribution < -0.4 is 8.92 Å². The molecule has 1 aromatic rings. The number of ether oxygens (including phenoxy) is 1. The average molecular weight is 270 g/mol. The molecule has 0 spiro atoms. The lowest BCUT2D eigenvalue weighted by molar-refractivity contribution is 0.291. The third-order valence-corrected chi connectivity index (χ3v) is 4.64. The summed E-state index contributed by atoms with van der Waals surface area (Å²) < 4.78 is 34.1. The summed E-state index contributed by atoms with van der Waals surface area (Å²) in [6, 6.07) is 5.14. The molecular weight excluding hydrogens is 252 g/mol. The average Bonchev–Trinajstić information content (AvgIpc) is 2.54. The first-order valence-electron chi connectivity index (χ1n) is 5.93. The van der Waals surface area contributed by atoms with Crippen LogP contribution in [0.15, 0.2) is 18.2 Å². The fourth-order valence-electron chi connectivity index (χ4n) is 1.78. The first-order valence-corrected chi connectivity index (χ1v) is 7.40. The highest BCUT2D eigenvalue weighted by atomic mass is 32.2. The predicted octanol–water partition coefficient (Wildman–Crippen LogP) is 2.47. The van der Waals surface area contributed by atoms with Crippen LogP contribution in [0.2, 0.25) is 0 Å². The molecule has 0 unspecified atom stereocenters. The molecule has 0 amide bonds. The van der Waals surface area contributed by atoms with Crippen LogP contribution in [-0.2, 0) is 15.5 Å². The van der Waals surface area contributed by atoms with Gasteiger partial charge in [0.15, 0.2) is 0 Å². The summed E-state index contributed by atoms with van der Waals surface area (Å²) in [6.45, 7) is 7.90. The van der Waals surface area contributed by atoms with Crippen molar-refractivity contribution in [3.63, 3.8) is 0 Å². The van der Waals surface area contributed by atoms with Crippen molar-refractivity contribution in [3.05, 3.63) is 23.8 Å². The maximum Gasteiger partial charge on any atom is 0.311 e. The van der Waals surface area contributed by atoms with Gasteiger partial charge in [0.1, 0.15) is 11.5 Å². The predicted molar refractivity (Wildman–Crippen MR) is 69.6 cm³/mol. The highest BCUT2D eigenvalue weighted by Gasteiger charge is 2.32. The van der Waals surface area contributed by atoms with Crippen LogP contribution >= 0.6 is 0 Å². The summed E-state index contributed by atoms with van der Waals surface area (Å²) in [7, 11) is -3.55. The van der Waals surface area contributed by atoms with E-state index in [0.29, 0.717) is 12.4 Å². The lowest BCUT2D eigenvalue weighted by Crippen LogP contribution is -2.21. The summed E-state index contributed by atoms with van der Waals surface area (Å²) in [5.41, 5.74) is 0.870. The van der Waals surface area contributed by atoms with E-state index in [1.165, 1.54) is 0 Å². The number of fused-ring (bicyclic) bond motifs is 1. The normalized spacial score (nSPS) is 17.4. The number of benzene rings is 1. The summed E-state index contributed by atoms with van der Waals surface area (Å²) in [4.78, 5) is 0. The molecule has 100 valence electrons. The molecule has 0 aromatic heterocycles. The SMILES string of the molecule is CC(C)S(=O)(=O)Oc1ccc2c(c1)C(C)(C)CO2. The Balaban J connectivity index is 2.34. The van der Waals surface area contributed by atoms with Crippen LogP contribution in [0.5, 0.6) is 11.5 Å². The molecule has 4 nitrogen and oxygen atoms in total. The molecule has 0 fully saturated rings. The van der Waals surface area contributed by atoms with Gasteiger partial charge in [0.25, 0.3) is 0 Å². The van der Waals surface area contributed by atoms with Crippen molar-refractivity contribution in [2.45, 2.75) is 38.4 Å². The van der Waals surface area contributed by atoms with Crippen LogP contribution in [0.3, 0.4) is 0 Å². The van der Waals surface area contributed by atoms with Gasteiger partial charge in [0.2, 0.25) is 0 Å². The second kappa shape index (κ2) is 4.16. The minimum atomic E-state index is -3.55. The lowest BCUT2D eigenvalue weighted by atomic mass is 9.87. The van der Waals surface area contributed by atoms with E-state index >= 15 is 0 Å². The topological polar surface area (TPSA) is 52.6 Å². The second-order valence-corrected chi connectivity index (χ2v) is 7.55. The van der Waals surface area contributed by atoms with Gasteiger partial charge in [0, 0.05) is 11.0 Å². The zero-order chi connectivity index (χ0) is 13.6. The lowest BCUT2D eigenvalue weighted by Gasteiger charge is -2.16. The minimum Gasteiger partial charge on any atom is -0.492 e. The molecule has 18 heavy (non-hydrogen) atoms. The second-order valence-electron chi connectivity index (χ2n) is 5.46. The first-order chi connectivity index (χ1) is 8.22. The van der Waals surface area contributed by atoms with Gasteiger partial charge in [-0.2, -0.15) is 8.42 Å². The van der Waals surface area contributed by atoms with Gasteiger partial charge < -0.3 is 8.92 Å². The number of hydrogen-bond acceptors (Lipinski definition) is 4. The molecule has 0 N–H and O–H groups in total. The van der Waals surface area contributed by atoms with Gasteiger partial charge in [-0.15, -0.1) is 0 Å². The van der Waals surface area contributed by atoms with Crippen molar-refractivity contribution in [2.24, 2.45) is 0 Å². The molecule has 5 heteroatoms. The highest BCUT2D eigenvalue weighted by Crippen LogP contribution is 2.40. The minimum absolute atomic E-state index is 0.115. The van der Waals surface area contributed by atoms with Gasteiger partial charge in [-0.1, -0.05) is 13.8 Å². The van der Waals surface area contributed by atoms with Gasteiger partial charge in [0.05, 0.1) is 11.9 Å². The Morgan fingerprint density at radius 1 is 1.33 bits per heavy atom. The Morgan fingerprint density at radius 3 is 2.61 bits per heavy atom. The van der Waals surface area contributed by atoms with Crippen LogP contribution in [0.4, 0.5) is 0 Å². The molecule has 0 aliphatic carbocycles. The largest absolute Gasteiger partial charge is 0.492 e. The van der Waals surface area contributed by atoms with E-state index in [2.05, 4.69) is 13.8 Å². The van der Waals surface area contributed by atoms with Crippen molar-refractivity contribution >= 4 is 10.1 Å². The van der Waals surface area contributed by atoms with Gasteiger partial charge in [-0.05, 0) is 32.0 Å². The Labute approximate surface area is 108 Å².